The van der Waals surface area contributed by atoms with Crippen molar-refractivity contribution in [2.45, 2.75) is 25.0 Å². The van der Waals surface area contributed by atoms with Crippen LogP contribution in [0, 0.1) is 0 Å². The molecule has 0 aliphatic carbocycles. The lowest BCUT2D eigenvalue weighted by Crippen LogP contribution is -2.32. The number of nitrogens with two attached hydrogens (primary N) is 1. The fourth-order valence-corrected chi connectivity index (χ4v) is 3.99. The predicted octanol–water partition coefficient (Wildman–Crippen LogP) is 0.491. The first kappa shape index (κ1) is 15.9. The number of carbonyl (C=O) groups is 2. The normalized spacial score (nSPS) is 19.1. The Labute approximate surface area is 126 Å². The summed E-state index contributed by atoms with van der Waals surface area (Å²) in [6.45, 7) is 1.89. The van der Waals surface area contributed by atoms with E-state index < -0.39 is 21.2 Å². The van der Waals surface area contributed by atoms with Crippen LogP contribution in [0.2, 0.25) is 0 Å². The summed E-state index contributed by atoms with van der Waals surface area (Å²) >= 11 is 1.29. The highest BCUT2D eigenvalue weighted by atomic mass is 32.2. The van der Waals surface area contributed by atoms with E-state index in [1.807, 2.05) is 6.92 Å². The van der Waals surface area contributed by atoms with Gasteiger partial charge in [-0.2, -0.15) is 0 Å². The van der Waals surface area contributed by atoms with Crippen molar-refractivity contribution >= 4 is 38.2 Å². The minimum atomic E-state index is -3.79. The molecule has 21 heavy (non-hydrogen) atoms. The van der Waals surface area contributed by atoms with Crippen molar-refractivity contribution in [3.63, 3.8) is 0 Å². The second kappa shape index (κ2) is 5.74. The van der Waals surface area contributed by atoms with Crippen molar-refractivity contribution in [3.8, 4) is 0 Å². The molecule has 116 valence electrons. The Balaban J connectivity index is 2.40. The Morgan fingerprint density at radius 1 is 1.57 bits per heavy atom. The van der Waals surface area contributed by atoms with E-state index in [-0.39, 0.29) is 24.4 Å². The van der Waals surface area contributed by atoms with Crippen molar-refractivity contribution in [3.05, 3.63) is 16.5 Å². The molecular formula is C12H16N2O5S2. The number of sulfonamides is 1. The Morgan fingerprint density at radius 2 is 2.24 bits per heavy atom. The maximum atomic E-state index is 12.1. The smallest absolute Gasteiger partial charge is 0.340 e. The number of hydrogen-bond acceptors (Lipinski definition) is 6. The Bertz CT molecular complexity index is 680. The topological polar surface area (TPSA) is 107 Å². The predicted molar refractivity (Wildman–Crippen MR) is 78.9 cm³/mol. The molecule has 7 nitrogen and oxygen atoms in total. The Hall–Kier alpha value is -1.45. The third-order valence-corrected chi connectivity index (χ3v) is 5.86. The van der Waals surface area contributed by atoms with Gasteiger partial charge in [-0.05, 0) is 12.5 Å². The van der Waals surface area contributed by atoms with Crippen molar-refractivity contribution < 1.29 is 22.7 Å². The van der Waals surface area contributed by atoms with Gasteiger partial charge >= 0.3 is 5.97 Å². The van der Waals surface area contributed by atoms with Gasteiger partial charge in [0.1, 0.15) is 10.3 Å². The van der Waals surface area contributed by atoms with Gasteiger partial charge in [-0.1, -0.05) is 6.92 Å². The molecule has 1 aromatic rings. The minimum absolute atomic E-state index is 0.0364. The van der Waals surface area contributed by atoms with E-state index in [0.29, 0.717) is 11.4 Å². The van der Waals surface area contributed by atoms with E-state index in [4.69, 9.17) is 9.88 Å². The Morgan fingerprint density at radius 3 is 2.71 bits per heavy atom. The molecule has 1 saturated heterocycles. The third kappa shape index (κ3) is 3.09. The molecule has 1 fully saturated rings. The number of methoxy groups -OCH3 is 1. The zero-order chi connectivity index (χ0) is 15.8. The molecular weight excluding hydrogens is 316 g/mol. The fourth-order valence-electron chi connectivity index (χ4n) is 2.15. The number of ether oxygens (including phenoxy) is 1. The molecule has 0 radical (unpaired) electrons. The molecule has 0 saturated carbocycles. The second-order valence-corrected chi connectivity index (χ2v) is 7.66. The molecule has 0 aromatic carbocycles. The number of esters is 1. The zero-order valence-corrected chi connectivity index (χ0v) is 13.3. The van der Waals surface area contributed by atoms with Crippen molar-refractivity contribution in [2.24, 2.45) is 5.14 Å². The summed E-state index contributed by atoms with van der Waals surface area (Å²) < 4.78 is 27.5. The largest absolute Gasteiger partial charge is 0.465 e. The lowest BCUT2D eigenvalue weighted by atomic mass is 10.2. The number of carbonyl (C=O) groups excluding carboxylic acids is 2. The number of nitrogens with zero attached hydrogens (tertiary/aromatic N) is 1. The molecule has 2 heterocycles. The van der Waals surface area contributed by atoms with Crippen LogP contribution in [0.5, 0.6) is 0 Å². The monoisotopic (exact) mass is 332 g/mol. The minimum Gasteiger partial charge on any atom is -0.465 e. The highest BCUT2D eigenvalue weighted by Gasteiger charge is 2.39. The maximum absolute atomic E-state index is 12.1. The van der Waals surface area contributed by atoms with Crippen LogP contribution in [0.15, 0.2) is 6.07 Å². The van der Waals surface area contributed by atoms with Crippen LogP contribution in [0.3, 0.4) is 0 Å². The quantitative estimate of drug-likeness (QED) is 0.808. The van der Waals surface area contributed by atoms with E-state index in [9.17, 15) is 18.0 Å². The van der Waals surface area contributed by atoms with Gasteiger partial charge < -0.3 is 9.64 Å². The zero-order valence-electron chi connectivity index (χ0n) is 11.7. The van der Waals surface area contributed by atoms with Gasteiger partial charge in [0.05, 0.1) is 12.7 Å². The van der Waals surface area contributed by atoms with Gasteiger partial charge in [0.15, 0.2) is 0 Å². The average molecular weight is 332 g/mol. The summed E-state index contributed by atoms with van der Waals surface area (Å²) in [5.74, 6) is -0.906. The summed E-state index contributed by atoms with van der Waals surface area (Å²) in [5.41, 5.74) is 0.280. The lowest BCUT2D eigenvalue weighted by Gasteiger charge is -2.15. The summed E-state index contributed by atoms with van der Waals surface area (Å²) in [4.78, 5) is 26.1. The summed E-state index contributed by atoms with van der Waals surface area (Å²) in [6.07, 6.45) is 0.536. The van der Waals surface area contributed by atoms with Gasteiger partial charge in [0, 0.05) is 17.8 Å². The van der Waals surface area contributed by atoms with E-state index in [0.717, 1.165) is 4.88 Å². The second-order valence-electron chi connectivity index (χ2n) is 4.70. The molecule has 1 unspecified atom stereocenters. The van der Waals surface area contributed by atoms with Crippen LogP contribution in [-0.4, -0.2) is 39.2 Å². The van der Waals surface area contributed by atoms with Crippen molar-refractivity contribution in [1.82, 2.24) is 0 Å². The SMILES string of the molecule is CCc1cc(C(=O)OC)c(N2CC(S(N)(=O)=O)CC2=O)s1. The van der Waals surface area contributed by atoms with E-state index in [2.05, 4.69) is 0 Å². The molecule has 2 rings (SSSR count). The van der Waals surface area contributed by atoms with Crippen LogP contribution in [0.25, 0.3) is 0 Å². The molecule has 9 heteroatoms. The maximum Gasteiger partial charge on any atom is 0.340 e. The number of aryl methyl sites for hydroxylation is 1. The van der Waals surface area contributed by atoms with E-state index in [1.54, 1.807) is 6.07 Å². The van der Waals surface area contributed by atoms with Crippen LogP contribution in [0.4, 0.5) is 5.00 Å². The van der Waals surface area contributed by atoms with Gasteiger partial charge in [0.25, 0.3) is 0 Å². The molecule has 1 atom stereocenters. The lowest BCUT2D eigenvalue weighted by molar-refractivity contribution is -0.117. The first-order chi connectivity index (χ1) is 9.77. The summed E-state index contributed by atoms with van der Waals surface area (Å²) in [5, 5.41) is 4.59. The molecule has 1 aliphatic rings. The van der Waals surface area contributed by atoms with Crippen molar-refractivity contribution in [2.75, 3.05) is 18.6 Å². The van der Waals surface area contributed by atoms with Crippen LogP contribution >= 0.6 is 11.3 Å². The summed E-state index contributed by atoms with van der Waals surface area (Å²) in [6, 6.07) is 1.67. The van der Waals surface area contributed by atoms with Crippen LogP contribution < -0.4 is 10.0 Å². The van der Waals surface area contributed by atoms with E-state index in [1.165, 1.54) is 23.3 Å². The number of primary sulfonamides is 1. The first-order valence-electron chi connectivity index (χ1n) is 6.31. The van der Waals surface area contributed by atoms with Gasteiger partial charge in [-0.3, -0.25) is 4.79 Å². The average Bonchev–Trinajstić information content (AvgIpc) is 3.00. The van der Waals surface area contributed by atoms with Crippen LogP contribution in [0.1, 0.15) is 28.6 Å². The first-order valence-corrected chi connectivity index (χ1v) is 8.73. The third-order valence-electron chi connectivity index (χ3n) is 3.32. The summed E-state index contributed by atoms with van der Waals surface area (Å²) in [7, 11) is -2.53. The van der Waals surface area contributed by atoms with E-state index >= 15 is 0 Å². The van der Waals surface area contributed by atoms with Gasteiger partial charge in [-0.25, -0.2) is 18.4 Å². The molecule has 1 amide bonds. The highest BCUT2D eigenvalue weighted by molar-refractivity contribution is 7.89. The molecule has 0 spiro atoms. The molecule has 1 aliphatic heterocycles. The number of hydrogen-bond donors (Lipinski definition) is 1. The fraction of sp³-hybridized carbons (Fsp3) is 0.500. The Kier molecular flexibility index (Phi) is 4.35. The highest BCUT2D eigenvalue weighted by Crippen LogP contribution is 2.36. The van der Waals surface area contributed by atoms with Crippen LogP contribution in [-0.2, 0) is 26.0 Å². The molecule has 0 bridgehead atoms. The number of amides is 1. The number of rotatable bonds is 4. The number of anilines is 1. The standard InChI is InChI=1S/C12H16N2O5S2/c1-3-7-4-9(12(16)19-2)11(20-7)14-6-8(5-10(14)15)21(13,17)18/h4,8H,3,5-6H2,1-2H3,(H2,13,17,18). The molecule has 1 aromatic heterocycles. The van der Waals surface area contributed by atoms with Gasteiger partial charge in [0.2, 0.25) is 15.9 Å². The number of thiophene rings is 1. The van der Waals surface area contributed by atoms with Gasteiger partial charge in [-0.15, -0.1) is 11.3 Å². The van der Waals surface area contributed by atoms with Crippen molar-refractivity contribution in [1.29, 1.82) is 0 Å². The molecule has 2 N–H and O–H groups in total.